The number of nitrogens with zero attached hydrogens (tertiary/aromatic N) is 3. The molecule has 0 fully saturated rings. The summed E-state index contributed by atoms with van der Waals surface area (Å²) in [4.78, 5) is 26.9. The van der Waals surface area contributed by atoms with Crippen LogP contribution < -0.4 is 20.5 Å². The highest BCUT2D eigenvalue weighted by atomic mass is 32.1. The second-order valence-corrected chi connectivity index (χ2v) is 7.59. The first-order valence-corrected chi connectivity index (χ1v) is 11.1. The molecule has 0 aliphatic heterocycles. The van der Waals surface area contributed by atoms with Crippen molar-refractivity contribution in [2.45, 2.75) is 26.8 Å². The molecule has 0 bridgehead atoms. The number of hydrogen-bond acceptors (Lipinski definition) is 6. The van der Waals surface area contributed by atoms with Crippen molar-refractivity contribution in [2.75, 3.05) is 25.1 Å². The van der Waals surface area contributed by atoms with Gasteiger partial charge < -0.3 is 9.64 Å². The van der Waals surface area contributed by atoms with Gasteiger partial charge in [-0.1, -0.05) is 0 Å². The Balaban J connectivity index is 1.55. The first-order chi connectivity index (χ1) is 16.0. The van der Waals surface area contributed by atoms with Gasteiger partial charge >= 0.3 is 0 Å². The number of hydrogen-bond donors (Lipinski definition) is 3. The SMILES string of the molecule is CCN(CC)c1ccc(C(=O)NNC(=O)CCn2c(-c3ccc(OC)cc3)n[nH]c2=S)cc1. The summed E-state index contributed by atoms with van der Waals surface area (Å²) < 4.78 is 7.33. The van der Waals surface area contributed by atoms with Crippen LogP contribution in [0.3, 0.4) is 0 Å². The fourth-order valence-electron chi connectivity index (χ4n) is 3.37. The number of anilines is 1. The number of ether oxygens (including phenoxy) is 1. The zero-order valence-corrected chi connectivity index (χ0v) is 19.7. The maximum atomic E-state index is 12.4. The van der Waals surface area contributed by atoms with Crippen LogP contribution in [0.5, 0.6) is 5.75 Å². The maximum Gasteiger partial charge on any atom is 0.269 e. The summed E-state index contributed by atoms with van der Waals surface area (Å²) in [6.07, 6.45) is 0.109. The van der Waals surface area contributed by atoms with E-state index in [1.165, 1.54) is 0 Å². The van der Waals surface area contributed by atoms with Crippen molar-refractivity contribution in [1.82, 2.24) is 25.6 Å². The minimum Gasteiger partial charge on any atom is -0.497 e. The van der Waals surface area contributed by atoms with Gasteiger partial charge in [-0.05, 0) is 74.6 Å². The average Bonchev–Trinajstić information content (AvgIpc) is 3.22. The van der Waals surface area contributed by atoms with Gasteiger partial charge in [-0.2, -0.15) is 5.10 Å². The first kappa shape index (κ1) is 24.0. The van der Waals surface area contributed by atoms with E-state index < -0.39 is 0 Å². The molecule has 2 amide bonds. The normalized spacial score (nSPS) is 10.5. The molecule has 9 nitrogen and oxygen atoms in total. The number of hydrazine groups is 1. The molecule has 174 valence electrons. The van der Waals surface area contributed by atoms with Crippen LogP contribution >= 0.6 is 12.2 Å². The van der Waals surface area contributed by atoms with Crippen molar-refractivity contribution >= 4 is 29.7 Å². The molecule has 3 aromatic rings. The summed E-state index contributed by atoms with van der Waals surface area (Å²) >= 11 is 5.31. The number of aromatic nitrogens is 3. The molecule has 0 radical (unpaired) electrons. The molecule has 3 N–H and O–H groups in total. The van der Waals surface area contributed by atoms with E-state index in [9.17, 15) is 9.59 Å². The van der Waals surface area contributed by atoms with Crippen LogP contribution in [0.15, 0.2) is 48.5 Å². The molecule has 10 heteroatoms. The third-order valence-corrected chi connectivity index (χ3v) is 5.55. The zero-order valence-electron chi connectivity index (χ0n) is 18.9. The highest BCUT2D eigenvalue weighted by Crippen LogP contribution is 2.21. The standard InChI is InChI=1S/C23H28N6O3S/c1-4-28(5-2)18-10-6-17(7-11-18)22(31)26-24-20(30)14-15-29-21(25-27-23(29)33)16-8-12-19(32-3)13-9-16/h6-13H,4-5,14-15H2,1-3H3,(H,24,30)(H,26,31)(H,27,33). The van der Waals surface area contributed by atoms with Crippen molar-refractivity contribution in [3.8, 4) is 17.1 Å². The summed E-state index contributed by atoms with van der Waals surface area (Å²) in [5.74, 6) is 0.630. The van der Waals surface area contributed by atoms with Gasteiger partial charge in [-0.3, -0.25) is 30.1 Å². The van der Waals surface area contributed by atoms with Crippen molar-refractivity contribution in [1.29, 1.82) is 0 Å². The number of rotatable bonds is 9. The van der Waals surface area contributed by atoms with E-state index in [0.29, 0.717) is 22.7 Å². The molecule has 0 aliphatic carbocycles. The molecule has 2 aromatic carbocycles. The lowest BCUT2D eigenvalue weighted by Crippen LogP contribution is -2.41. The molecule has 0 atom stereocenters. The second kappa shape index (κ2) is 11.3. The van der Waals surface area contributed by atoms with Crippen LogP contribution in [0.25, 0.3) is 11.4 Å². The molecule has 0 aliphatic rings. The van der Waals surface area contributed by atoms with Crippen molar-refractivity contribution in [2.24, 2.45) is 0 Å². The monoisotopic (exact) mass is 468 g/mol. The van der Waals surface area contributed by atoms with E-state index in [2.05, 4.69) is 39.8 Å². The lowest BCUT2D eigenvalue weighted by atomic mass is 10.2. The Bertz CT molecular complexity index is 1130. The van der Waals surface area contributed by atoms with Crippen molar-refractivity contribution < 1.29 is 14.3 Å². The van der Waals surface area contributed by atoms with Gasteiger partial charge in [0, 0.05) is 42.9 Å². The summed E-state index contributed by atoms with van der Waals surface area (Å²) in [5, 5.41) is 7.03. The molecule has 0 unspecified atom stereocenters. The third-order valence-electron chi connectivity index (χ3n) is 5.24. The quantitative estimate of drug-likeness (QED) is 0.329. The van der Waals surface area contributed by atoms with Crippen molar-refractivity contribution in [3.05, 3.63) is 58.9 Å². The minimum absolute atomic E-state index is 0.109. The Morgan fingerprint density at radius 2 is 1.73 bits per heavy atom. The predicted molar refractivity (Wildman–Crippen MR) is 130 cm³/mol. The Kier molecular flexibility index (Phi) is 8.20. The van der Waals surface area contributed by atoms with E-state index in [0.717, 1.165) is 30.1 Å². The molecule has 33 heavy (non-hydrogen) atoms. The lowest BCUT2D eigenvalue weighted by molar-refractivity contribution is -0.122. The fraction of sp³-hybridized carbons (Fsp3) is 0.304. The minimum atomic E-state index is -0.381. The molecule has 0 saturated heterocycles. The maximum absolute atomic E-state index is 12.4. The molecule has 1 heterocycles. The molecule has 3 rings (SSSR count). The first-order valence-electron chi connectivity index (χ1n) is 10.7. The van der Waals surface area contributed by atoms with Crippen LogP contribution in [-0.2, 0) is 11.3 Å². The van der Waals surface area contributed by atoms with Gasteiger partial charge in [0.05, 0.1) is 7.11 Å². The van der Waals surface area contributed by atoms with Gasteiger partial charge in [0.25, 0.3) is 5.91 Å². The Labute approximate surface area is 197 Å². The van der Waals surface area contributed by atoms with E-state index >= 15 is 0 Å². The van der Waals surface area contributed by atoms with E-state index in [-0.39, 0.29) is 18.2 Å². The largest absolute Gasteiger partial charge is 0.497 e. The number of nitrogens with one attached hydrogen (secondary N) is 3. The fourth-order valence-corrected chi connectivity index (χ4v) is 3.60. The van der Waals surface area contributed by atoms with Gasteiger partial charge in [-0.25, -0.2) is 0 Å². The van der Waals surface area contributed by atoms with Crippen molar-refractivity contribution in [3.63, 3.8) is 0 Å². The van der Waals surface area contributed by atoms with Crippen LogP contribution in [0.2, 0.25) is 0 Å². The summed E-state index contributed by atoms with van der Waals surface area (Å²) in [6.45, 7) is 6.24. The average molecular weight is 469 g/mol. The number of amides is 2. The predicted octanol–water partition coefficient (Wildman–Crippen LogP) is 3.31. The number of carbonyl (C=O) groups is 2. The topological polar surface area (TPSA) is 104 Å². The van der Waals surface area contributed by atoms with Crippen LogP contribution in [0, 0.1) is 4.77 Å². The number of carbonyl (C=O) groups excluding carboxylic acids is 2. The summed E-state index contributed by atoms with van der Waals surface area (Å²) in [5.41, 5.74) is 7.26. The summed E-state index contributed by atoms with van der Waals surface area (Å²) in [7, 11) is 1.60. The molecule has 0 saturated carbocycles. The van der Waals surface area contributed by atoms with Gasteiger partial charge in [0.15, 0.2) is 10.6 Å². The highest BCUT2D eigenvalue weighted by Gasteiger charge is 2.12. The second-order valence-electron chi connectivity index (χ2n) is 7.20. The molecule has 0 spiro atoms. The number of benzene rings is 2. The smallest absolute Gasteiger partial charge is 0.269 e. The highest BCUT2D eigenvalue weighted by molar-refractivity contribution is 7.71. The third kappa shape index (κ3) is 5.98. The molecular formula is C23H28N6O3S. The number of methoxy groups -OCH3 is 1. The van der Waals surface area contributed by atoms with Gasteiger partial charge in [-0.15, -0.1) is 0 Å². The Morgan fingerprint density at radius 1 is 1.06 bits per heavy atom. The summed E-state index contributed by atoms with van der Waals surface area (Å²) in [6, 6.07) is 14.7. The van der Waals surface area contributed by atoms with Gasteiger partial charge in [0.1, 0.15) is 5.75 Å². The lowest BCUT2D eigenvalue weighted by Gasteiger charge is -2.21. The van der Waals surface area contributed by atoms with Gasteiger partial charge in [0.2, 0.25) is 5.91 Å². The van der Waals surface area contributed by atoms with E-state index in [1.807, 2.05) is 36.4 Å². The van der Waals surface area contributed by atoms with E-state index in [1.54, 1.807) is 23.8 Å². The molecular weight excluding hydrogens is 440 g/mol. The number of aromatic amines is 1. The Hall–Kier alpha value is -3.66. The van der Waals surface area contributed by atoms with Crippen LogP contribution in [0.4, 0.5) is 5.69 Å². The van der Waals surface area contributed by atoms with Crippen LogP contribution in [0.1, 0.15) is 30.6 Å². The Morgan fingerprint density at radius 3 is 2.33 bits per heavy atom. The van der Waals surface area contributed by atoms with Crippen LogP contribution in [-0.4, -0.2) is 46.8 Å². The van der Waals surface area contributed by atoms with E-state index in [4.69, 9.17) is 17.0 Å². The zero-order chi connectivity index (χ0) is 23.8. The number of H-pyrrole nitrogens is 1. The molecule has 1 aromatic heterocycles.